The highest BCUT2D eigenvalue weighted by Crippen LogP contribution is 2.47. The minimum absolute atomic E-state index is 0.0217. The topological polar surface area (TPSA) is 39.9 Å². The minimum Gasteiger partial charge on any atom is -0.483 e. The van der Waals surface area contributed by atoms with Crippen LogP contribution in [-0.4, -0.2) is 45.1 Å². The molecule has 0 aliphatic carbocycles. The summed E-state index contributed by atoms with van der Waals surface area (Å²) in [6.45, 7) is 1.72. The van der Waals surface area contributed by atoms with Crippen LogP contribution in [0.4, 0.5) is 43.9 Å². The molecule has 0 bridgehead atoms. The molecule has 0 N–H and O–H groups in total. The van der Waals surface area contributed by atoms with Crippen LogP contribution in [0, 0.1) is 13.8 Å². The number of rotatable bonds is 7. The average molecular weight is 499 g/mol. The zero-order chi connectivity index (χ0) is 24.7. The molecule has 0 atom stereocenters. The van der Waals surface area contributed by atoms with Gasteiger partial charge in [-0.05, 0) is 25.7 Å². The van der Waals surface area contributed by atoms with E-state index in [1.54, 1.807) is 6.92 Å². The van der Waals surface area contributed by atoms with Crippen molar-refractivity contribution in [1.29, 1.82) is 0 Å². The van der Waals surface area contributed by atoms with E-state index in [9.17, 15) is 43.9 Å². The number of halogens is 10. The summed E-state index contributed by atoms with van der Waals surface area (Å²) in [5.41, 5.74) is -1.37. The predicted octanol–water partition coefficient (Wildman–Crippen LogP) is 6.23. The van der Waals surface area contributed by atoms with Gasteiger partial charge in [0.2, 0.25) is 0 Å². The van der Waals surface area contributed by atoms with E-state index in [2.05, 4.69) is 14.8 Å². The summed E-state index contributed by atoms with van der Waals surface area (Å²) < 4.78 is 135. The Morgan fingerprint density at radius 2 is 1.59 bits per heavy atom. The third kappa shape index (κ3) is 4.91. The van der Waals surface area contributed by atoms with Crippen LogP contribution in [0.2, 0.25) is 0 Å². The van der Waals surface area contributed by atoms with Crippen molar-refractivity contribution in [3.8, 4) is 11.6 Å². The van der Waals surface area contributed by atoms with E-state index in [4.69, 9.17) is 0 Å². The monoisotopic (exact) mass is 499 g/mol. The Kier molecular flexibility index (Phi) is 7.03. The SMILES string of the molecule is CCSc1cc(C(F)(F)F)cnc1-n1nc(C)c(OCC(F)(F)C(F)(F)C(F)(F)F)c1C. The fourth-order valence-corrected chi connectivity index (χ4v) is 3.31. The molecule has 0 fully saturated rings. The van der Waals surface area contributed by atoms with Crippen LogP contribution in [0.1, 0.15) is 23.9 Å². The van der Waals surface area contributed by atoms with Gasteiger partial charge in [0.05, 0.1) is 16.2 Å². The highest BCUT2D eigenvalue weighted by Gasteiger charge is 2.73. The molecule has 0 spiro atoms. The van der Waals surface area contributed by atoms with Gasteiger partial charge in [-0.1, -0.05) is 6.92 Å². The van der Waals surface area contributed by atoms with E-state index >= 15 is 0 Å². The predicted molar refractivity (Wildman–Crippen MR) is 93.7 cm³/mol. The molecule has 4 nitrogen and oxygen atoms in total. The van der Waals surface area contributed by atoms with E-state index in [0.29, 0.717) is 11.9 Å². The number of aryl methyl sites for hydroxylation is 1. The summed E-state index contributed by atoms with van der Waals surface area (Å²) >= 11 is 0.966. The second-order valence-electron chi connectivity index (χ2n) is 6.45. The maximum absolute atomic E-state index is 13.6. The number of ether oxygens (including phenoxy) is 1. The quantitative estimate of drug-likeness (QED) is 0.335. The molecule has 0 saturated heterocycles. The van der Waals surface area contributed by atoms with Gasteiger partial charge in [0.15, 0.2) is 18.2 Å². The van der Waals surface area contributed by atoms with Crippen molar-refractivity contribution >= 4 is 11.8 Å². The lowest BCUT2D eigenvalue weighted by Gasteiger charge is -2.27. The van der Waals surface area contributed by atoms with Gasteiger partial charge in [-0.15, -0.1) is 11.8 Å². The molecule has 2 heterocycles. The van der Waals surface area contributed by atoms with Crippen LogP contribution >= 0.6 is 11.8 Å². The van der Waals surface area contributed by atoms with Crippen molar-refractivity contribution < 1.29 is 48.6 Å². The molecule has 180 valence electrons. The van der Waals surface area contributed by atoms with E-state index in [-0.39, 0.29) is 22.1 Å². The second-order valence-corrected chi connectivity index (χ2v) is 7.76. The Bertz CT molecular complexity index is 969. The van der Waals surface area contributed by atoms with Gasteiger partial charge in [0.25, 0.3) is 0 Å². The molecule has 0 amide bonds. The molecule has 2 aromatic rings. The van der Waals surface area contributed by atoms with Crippen LogP contribution < -0.4 is 4.74 Å². The van der Waals surface area contributed by atoms with Crippen molar-refractivity contribution in [3.63, 3.8) is 0 Å². The zero-order valence-electron chi connectivity index (χ0n) is 16.5. The van der Waals surface area contributed by atoms with Crippen molar-refractivity contribution in [2.75, 3.05) is 12.4 Å². The number of pyridine rings is 1. The van der Waals surface area contributed by atoms with Gasteiger partial charge in [0, 0.05) is 6.20 Å². The largest absolute Gasteiger partial charge is 0.483 e. The number of alkyl halides is 10. The lowest BCUT2D eigenvalue weighted by Crippen LogP contribution is -2.54. The summed E-state index contributed by atoms with van der Waals surface area (Å²) in [7, 11) is 0. The molecule has 0 aromatic carbocycles. The number of aromatic nitrogens is 3. The van der Waals surface area contributed by atoms with E-state index < -0.39 is 42.1 Å². The first-order chi connectivity index (χ1) is 14.4. The third-order valence-electron chi connectivity index (χ3n) is 4.10. The normalized spacial score (nSPS) is 13.5. The van der Waals surface area contributed by atoms with Crippen molar-refractivity contribution in [2.24, 2.45) is 0 Å². The highest BCUT2D eigenvalue weighted by atomic mass is 32.2. The van der Waals surface area contributed by atoms with Crippen molar-refractivity contribution in [2.45, 2.75) is 49.9 Å². The Hall–Kier alpha value is -2.19. The molecule has 0 saturated carbocycles. The standard InChI is InChI=1S/C17H15F10N3OS/c1-4-32-11-5-10(15(20,21)22)6-28-13(11)30-9(3)12(8(2)29-30)31-7-14(18,19)16(23,24)17(25,26)27/h5-6H,4,7H2,1-3H3. The smallest absolute Gasteiger partial charge is 0.460 e. The molecule has 2 rings (SSSR count). The van der Waals surface area contributed by atoms with Gasteiger partial charge in [-0.3, -0.25) is 0 Å². The highest BCUT2D eigenvalue weighted by molar-refractivity contribution is 7.99. The maximum Gasteiger partial charge on any atom is 0.460 e. The number of hydrogen-bond acceptors (Lipinski definition) is 4. The fourth-order valence-electron chi connectivity index (χ4n) is 2.52. The number of hydrogen-bond donors (Lipinski definition) is 0. The van der Waals surface area contributed by atoms with Crippen LogP contribution in [-0.2, 0) is 6.18 Å². The van der Waals surface area contributed by atoms with Crippen LogP contribution in [0.3, 0.4) is 0 Å². The summed E-state index contributed by atoms with van der Waals surface area (Å²) in [4.78, 5) is 3.74. The van der Waals surface area contributed by atoms with Crippen LogP contribution in [0.25, 0.3) is 5.82 Å². The van der Waals surface area contributed by atoms with E-state index in [0.717, 1.165) is 22.5 Å². The van der Waals surface area contributed by atoms with Crippen LogP contribution in [0.5, 0.6) is 5.75 Å². The summed E-state index contributed by atoms with van der Waals surface area (Å²) in [5.74, 6) is -12.3. The Labute approximate surface area is 178 Å². The lowest BCUT2D eigenvalue weighted by molar-refractivity contribution is -0.358. The first kappa shape index (κ1) is 26.1. The summed E-state index contributed by atoms with van der Waals surface area (Å²) in [5, 5.41) is 3.91. The zero-order valence-corrected chi connectivity index (χ0v) is 17.3. The minimum atomic E-state index is -6.51. The maximum atomic E-state index is 13.6. The Balaban J connectivity index is 2.43. The molecule has 0 aliphatic rings. The van der Waals surface area contributed by atoms with E-state index in [1.165, 1.54) is 13.8 Å². The molecular formula is C17H15F10N3OS. The molecule has 0 radical (unpaired) electrons. The first-order valence-electron chi connectivity index (χ1n) is 8.65. The first-order valence-corrected chi connectivity index (χ1v) is 9.64. The summed E-state index contributed by atoms with van der Waals surface area (Å²) in [6.07, 6.45) is -10.7. The fraction of sp³-hybridized carbons (Fsp3) is 0.529. The Morgan fingerprint density at radius 1 is 1.00 bits per heavy atom. The molecule has 0 aliphatic heterocycles. The third-order valence-corrected chi connectivity index (χ3v) is 5.00. The molecular weight excluding hydrogens is 484 g/mol. The van der Waals surface area contributed by atoms with Gasteiger partial charge < -0.3 is 4.74 Å². The second kappa shape index (κ2) is 8.63. The molecule has 15 heteroatoms. The van der Waals surface area contributed by atoms with Crippen LogP contribution in [0.15, 0.2) is 17.2 Å². The Morgan fingerprint density at radius 3 is 2.09 bits per heavy atom. The van der Waals surface area contributed by atoms with Crippen molar-refractivity contribution in [1.82, 2.24) is 14.8 Å². The lowest BCUT2D eigenvalue weighted by atomic mass is 10.2. The van der Waals surface area contributed by atoms with Gasteiger partial charge in [-0.2, -0.15) is 49.0 Å². The van der Waals surface area contributed by atoms with E-state index in [1.807, 2.05) is 0 Å². The average Bonchev–Trinajstić information content (AvgIpc) is 2.92. The molecule has 0 unspecified atom stereocenters. The summed E-state index contributed by atoms with van der Waals surface area (Å²) in [6, 6.07) is 0.797. The number of thioether (sulfide) groups is 1. The van der Waals surface area contributed by atoms with Crippen molar-refractivity contribution in [3.05, 3.63) is 29.2 Å². The van der Waals surface area contributed by atoms with Gasteiger partial charge in [0.1, 0.15) is 5.69 Å². The molecule has 32 heavy (non-hydrogen) atoms. The molecule has 2 aromatic heterocycles. The van der Waals surface area contributed by atoms with Gasteiger partial charge in [-0.25, -0.2) is 9.67 Å². The number of nitrogens with zero attached hydrogens (tertiary/aromatic N) is 3. The van der Waals surface area contributed by atoms with Gasteiger partial charge >= 0.3 is 24.2 Å².